The van der Waals surface area contributed by atoms with Crippen molar-refractivity contribution in [3.05, 3.63) is 46.8 Å². The summed E-state index contributed by atoms with van der Waals surface area (Å²) >= 11 is 0. The first-order valence-electron chi connectivity index (χ1n) is 10.4. The summed E-state index contributed by atoms with van der Waals surface area (Å²) in [6.45, 7) is 0.176. The van der Waals surface area contributed by atoms with Crippen LogP contribution in [0, 0.1) is 11.3 Å². The van der Waals surface area contributed by atoms with E-state index in [9.17, 15) is 28.0 Å². The zero-order valence-electron chi connectivity index (χ0n) is 17.6. The van der Waals surface area contributed by atoms with Gasteiger partial charge in [-0.2, -0.15) is 23.5 Å². The summed E-state index contributed by atoms with van der Waals surface area (Å²) < 4.78 is 41.0. The van der Waals surface area contributed by atoms with Crippen molar-refractivity contribution in [3.8, 4) is 17.5 Å². The molecule has 4 aromatic rings. The molecule has 5 rings (SSSR count). The van der Waals surface area contributed by atoms with Crippen LogP contribution >= 0.6 is 0 Å². The van der Waals surface area contributed by atoms with Crippen LogP contribution in [0.5, 0.6) is 0 Å². The van der Waals surface area contributed by atoms with Crippen LogP contribution < -0.4 is 5.69 Å². The fraction of sp³-hybridized carbons (Fsp3) is 0.333. The van der Waals surface area contributed by atoms with Crippen molar-refractivity contribution in [1.29, 1.82) is 5.26 Å². The van der Waals surface area contributed by atoms with Crippen LogP contribution in [0.25, 0.3) is 28.1 Å². The number of halogens is 3. The summed E-state index contributed by atoms with van der Waals surface area (Å²) in [7, 11) is 0. The number of pyridine rings is 1. The molecule has 4 aromatic heterocycles. The lowest BCUT2D eigenvalue weighted by Crippen LogP contribution is -2.43. The quantitative estimate of drug-likeness (QED) is 0.490. The molecule has 1 N–H and O–H groups in total. The highest BCUT2D eigenvalue weighted by molar-refractivity contribution is 5.80. The number of piperidine rings is 1. The number of likely N-dealkylation sites (tertiary alicyclic amines) is 1. The Labute approximate surface area is 189 Å². The number of H-pyrrole nitrogens is 1. The average Bonchev–Trinajstić information content (AvgIpc) is 3.37. The topological polar surface area (TPSA) is 125 Å². The molecule has 1 atom stereocenters. The van der Waals surface area contributed by atoms with Crippen molar-refractivity contribution >= 4 is 22.6 Å². The minimum absolute atomic E-state index is 0.0245. The van der Waals surface area contributed by atoms with E-state index in [1.807, 2.05) is 0 Å². The van der Waals surface area contributed by atoms with Gasteiger partial charge >= 0.3 is 11.9 Å². The summed E-state index contributed by atoms with van der Waals surface area (Å²) in [5, 5.41) is 13.4. The smallest absolute Gasteiger partial charge is 0.340 e. The number of nitrogens with one attached hydrogen (secondary N) is 1. The van der Waals surface area contributed by atoms with Crippen LogP contribution in [0.1, 0.15) is 30.9 Å². The van der Waals surface area contributed by atoms with Gasteiger partial charge in [0.15, 0.2) is 11.5 Å². The van der Waals surface area contributed by atoms with E-state index >= 15 is 0 Å². The van der Waals surface area contributed by atoms with E-state index in [1.54, 1.807) is 29.0 Å². The molecule has 0 aliphatic carbocycles. The maximum absolute atomic E-state index is 12.7. The second kappa shape index (κ2) is 7.98. The number of rotatable bonds is 3. The van der Waals surface area contributed by atoms with E-state index in [4.69, 9.17) is 0 Å². The monoisotopic (exact) mass is 470 g/mol. The van der Waals surface area contributed by atoms with Crippen molar-refractivity contribution in [2.24, 2.45) is 0 Å². The van der Waals surface area contributed by atoms with E-state index in [0.29, 0.717) is 35.0 Å². The molecule has 1 saturated heterocycles. The Bertz CT molecular complexity index is 1510. The Morgan fingerprint density at radius 2 is 2.15 bits per heavy atom. The van der Waals surface area contributed by atoms with Crippen LogP contribution in [0.15, 0.2) is 35.5 Å². The molecule has 34 heavy (non-hydrogen) atoms. The lowest BCUT2D eigenvalue weighted by Gasteiger charge is -2.33. The Morgan fingerprint density at radius 3 is 2.91 bits per heavy atom. The molecule has 10 nitrogen and oxygen atoms in total. The lowest BCUT2D eigenvalue weighted by molar-refractivity contribution is -0.162. The van der Waals surface area contributed by atoms with Crippen LogP contribution in [0.3, 0.4) is 0 Å². The Hall–Kier alpha value is -4.21. The number of carbonyl (C=O) groups is 1. The molecule has 0 spiro atoms. The molecule has 0 bridgehead atoms. The molecule has 1 fully saturated rings. The largest absolute Gasteiger partial charge is 0.397 e. The van der Waals surface area contributed by atoms with Crippen molar-refractivity contribution in [2.75, 3.05) is 13.1 Å². The number of aromatic amines is 1. The van der Waals surface area contributed by atoms with E-state index in [1.165, 1.54) is 10.8 Å². The van der Waals surface area contributed by atoms with Gasteiger partial charge in [0.1, 0.15) is 11.9 Å². The number of aromatic nitrogens is 6. The van der Waals surface area contributed by atoms with Crippen molar-refractivity contribution in [1.82, 2.24) is 34.0 Å². The third-order valence-electron chi connectivity index (χ3n) is 5.81. The highest BCUT2D eigenvalue weighted by Crippen LogP contribution is 2.28. The van der Waals surface area contributed by atoms with Gasteiger partial charge in [-0.1, -0.05) is 0 Å². The van der Waals surface area contributed by atoms with Crippen LogP contribution in [-0.2, 0) is 4.79 Å². The van der Waals surface area contributed by atoms with E-state index in [0.717, 1.165) is 4.90 Å². The van der Waals surface area contributed by atoms with Gasteiger partial charge < -0.3 is 9.88 Å². The van der Waals surface area contributed by atoms with Gasteiger partial charge in [0.25, 0.3) is 0 Å². The summed E-state index contributed by atoms with van der Waals surface area (Å²) in [6.07, 6.45) is -0.539. The first-order chi connectivity index (χ1) is 16.2. The normalized spacial score (nSPS) is 16.8. The van der Waals surface area contributed by atoms with Gasteiger partial charge in [-0.25, -0.2) is 19.3 Å². The number of alkyl halides is 3. The van der Waals surface area contributed by atoms with Gasteiger partial charge in [0.2, 0.25) is 5.91 Å². The predicted molar refractivity (Wildman–Crippen MR) is 113 cm³/mol. The van der Waals surface area contributed by atoms with Gasteiger partial charge in [0, 0.05) is 19.3 Å². The zero-order valence-corrected chi connectivity index (χ0v) is 17.6. The van der Waals surface area contributed by atoms with Gasteiger partial charge in [-0.15, -0.1) is 0 Å². The van der Waals surface area contributed by atoms with E-state index < -0.39 is 30.2 Å². The summed E-state index contributed by atoms with van der Waals surface area (Å²) in [5.74, 6) is -0.744. The molecule has 0 radical (unpaired) electrons. The van der Waals surface area contributed by atoms with Crippen LogP contribution in [-0.4, -0.2) is 59.2 Å². The highest BCUT2D eigenvalue weighted by Gasteiger charge is 2.36. The Morgan fingerprint density at radius 1 is 1.32 bits per heavy atom. The minimum Gasteiger partial charge on any atom is -0.340 e. The highest BCUT2D eigenvalue weighted by atomic mass is 19.4. The zero-order chi connectivity index (χ0) is 24.0. The number of hydrogen-bond acceptors (Lipinski definition) is 6. The SMILES string of the molecule is N#Cc1ccn2ncc(-c3ncc4[nH]c(=O)n([C@H]5CCCN(C(=O)CC(F)(F)F)C5)c4n3)c2c1. The maximum atomic E-state index is 12.7. The molecule has 0 aromatic carbocycles. The van der Waals surface area contributed by atoms with E-state index in [-0.39, 0.29) is 24.6 Å². The Kier molecular flexibility index (Phi) is 5.07. The molecule has 1 amide bonds. The third-order valence-corrected chi connectivity index (χ3v) is 5.81. The van der Waals surface area contributed by atoms with Gasteiger partial charge in [-0.05, 0) is 25.0 Å². The summed E-state index contributed by atoms with van der Waals surface area (Å²) in [4.78, 5) is 37.5. The minimum atomic E-state index is -4.59. The number of nitrogens with zero attached hydrogens (tertiary/aromatic N) is 7. The molecule has 174 valence electrons. The second-order valence-corrected chi connectivity index (χ2v) is 8.07. The molecular formula is C21H17F3N8O2. The molecule has 1 aliphatic rings. The standard InChI is InChI=1S/C21H17F3N8O2/c22-21(23,24)7-17(33)30-4-1-2-13(11-30)32-19-15(28-20(32)34)10-26-18(29-19)14-9-27-31-5-3-12(8-25)6-16(14)31/h3,5-6,9-10,13H,1-2,4,7,11H2,(H,28,34)/t13-/m0/s1. The molecule has 0 unspecified atom stereocenters. The van der Waals surface area contributed by atoms with Crippen molar-refractivity contribution in [2.45, 2.75) is 31.5 Å². The first kappa shape index (κ1) is 21.6. The predicted octanol–water partition coefficient (Wildman–Crippen LogP) is 2.42. The summed E-state index contributed by atoms with van der Waals surface area (Å²) in [5.41, 5.74) is 1.74. The van der Waals surface area contributed by atoms with E-state index in [2.05, 4.69) is 26.1 Å². The molecule has 13 heteroatoms. The Balaban J connectivity index is 1.53. The number of imidazole rings is 1. The molecule has 1 aliphatic heterocycles. The first-order valence-corrected chi connectivity index (χ1v) is 10.4. The molecule has 0 saturated carbocycles. The number of carbonyl (C=O) groups excluding carboxylic acids is 1. The van der Waals surface area contributed by atoms with Crippen molar-refractivity contribution in [3.63, 3.8) is 0 Å². The molecule has 5 heterocycles. The third kappa shape index (κ3) is 3.87. The number of hydrogen-bond donors (Lipinski definition) is 1. The fourth-order valence-electron chi connectivity index (χ4n) is 4.28. The second-order valence-electron chi connectivity index (χ2n) is 8.07. The van der Waals surface area contributed by atoms with Gasteiger partial charge in [-0.3, -0.25) is 9.36 Å². The van der Waals surface area contributed by atoms with Crippen LogP contribution in [0.4, 0.5) is 13.2 Å². The lowest BCUT2D eigenvalue weighted by atomic mass is 10.0. The number of nitriles is 1. The number of amides is 1. The maximum Gasteiger partial charge on any atom is 0.397 e. The van der Waals surface area contributed by atoms with Crippen molar-refractivity contribution < 1.29 is 18.0 Å². The van der Waals surface area contributed by atoms with Crippen LogP contribution in [0.2, 0.25) is 0 Å². The number of fused-ring (bicyclic) bond motifs is 2. The van der Waals surface area contributed by atoms with Gasteiger partial charge in [0.05, 0.1) is 41.1 Å². The molecular weight excluding hydrogens is 453 g/mol. The summed E-state index contributed by atoms with van der Waals surface area (Å²) in [6, 6.07) is 4.79. The fourth-order valence-corrected chi connectivity index (χ4v) is 4.28. The average molecular weight is 470 g/mol.